The molecule has 0 aliphatic heterocycles. The van der Waals surface area contributed by atoms with E-state index in [9.17, 15) is 10.1 Å². The van der Waals surface area contributed by atoms with E-state index in [1.807, 2.05) is 30.3 Å². The van der Waals surface area contributed by atoms with Crippen molar-refractivity contribution in [2.45, 2.75) is 6.61 Å². The Hall–Kier alpha value is -2.60. The van der Waals surface area contributed by atoms with Gasteiger partial charge in [-0.1, -0.05) is 12.1 Å². The molecule has 21 heavy (non-hydrogen) atoms. The van der Waals surface area contributed by atoms with Gasteiger partial charge in [-0.05, 0) is 23.8 Å². The molecular formula is C15H17N3O3. The molecule has 0 radical (unpaired) electrons. The van der Waals surface area contributed by atoms with Crippen LogP contribution in [-0.4, -0.2) is 19.1 Å². The summed E-state index contributed by atoms with van der Waals surface area (Å²) in [5.74, 6) is 0. The van der Waals surface area contributed by atoms with E-state index in [4.69, 9.17) is 4.74 Å². The van der Waals surface area contributed by atoms with Crippen LogP contribution in [0.1, 0.15) is 5.56 Å². The first-order valence-corrected chi connectivity index (χ1v) is 6.44. The summed E-state index contributed by atoms with van der Waals surface area (Å²) < 4.78 is 5.09. The van der Waals surface area contributed by atoms with Gasteiger partial charge in [0, 0.05) is 43.4 Å². The van der Waals surface area contributed by atoms with Gasteiger partial charge < -0.3 is 15.4 Å². The van der Waals surface area contributed by atoms with Crippen LogP contribution in [0.2, 0.25) is 0 Å². The molecule has 2 aromatic rings. The zero-order chi connectivity index (χ0) is 15.2. The minimum Gasteiger partial charge on any atom is -0.388 e. The van der Waals surface area contributed by atoms with Crippen LogP contribution in [0.15, 0.2) is 42.5 Å². The van der Waals surface area contributed by atoms with Crippen molar-refractivity contribution in [2.24, 2.45) is 0 Å². The van der Waals surface area contributed by atoms with E-state index in [1.165, 1.54) is 12.1 Å². The lowest BCUT2D eigenvalue weighted by Gasteiger charge is -2.10. The average molecular weight is 287 g/mol. The van der Waals surface area contributed by atoms with Crippen molar-refractivity contribution >= 4 is 22.7 Å². The van der Waals surface area contributed by atoms with Crippen molar-refractivity contribution in [2.75, 3.05) is 24.8 Å². The maximum Gasteiger partial charge on any atom is 0.273 e. The molecule has 2 rings (SSSR count). The van der Waals surface area contributed by atoms with Gasteiger partial charge in [0.05, 0.1) is 11.5 Å². The summed E-state index contributed by atoms with van der Waals surface area (Å²) in [6, 6.07) is 12.5. The Morgan fingerprint density at radius 3 is 2.57 bits per heavy atom. The van der Waals surface area contributed by atoms with Gasteiger partial charge in [-0.25, -0.2) is 0 Å². The number of benzene rings is 2. The molecule has 6 heteroatoms. The summed E-state index contributed by atoms with van der Waals surface area (Å²) in [5, 5.41) is 17.0. The van der Waals surface area contributed by atoms with Crippen molar-refractivity contribution in [3.8, 4) is 0 Å². The van der Waals surface area contributed by atoms with Crippen molar-refractivity contribution in [3.05, 3.63) is 58.1 Å². The predicted octanol–water partition coefficient (Wildman–Crippen LogP) is 3.53. The lowest BCUT2D eigenvalue weighted by molar-refractivity contribution is -0.384. The summed E-state index contributed by atoms with van der Waals surface area (Å²) in [6.45, 7) is 0.520. The monoisotopic (exact) mass is 287 g/mol. The van der Waals surface area contributed by atoms with Crippen LogP contribution in [0.5, 0.6) is 0 Å². The first-order valence-electron chi connectivity index (χ1n) is 6.44. The summed E-state index contributed by atoms with van der Waals surface area (Å²) in [5.41, 5.74) is 3.26. The lowest BCUT2D eigenvalue weighted by atomic mass is 10.2. The molecule has 2 N–H and O–H groups in total. The second kappa shape index (κ2) is 6.71. The highest BCUT2D eigenvalue weighted by Gasteiger charge is 2.09. The van der Waals surface area contributed by atoms with Gasteiger partial charge in [-0.3, -0.25) is 10.1 Å². The van der Waals surface area contributed by atoms with Gasteiger partial charge >= 0.3 is 0 Å². The van der Waals surface area contributed by atoms with Crippen LogP contribution in [0.3, 0.4) is 0 Å². The van der Waals surface area contributed by atoms with Crippen molar-refractivity contribution in [3.63, 3.8) is 0 Å². The summed E-state index contributed by atoms with van der Waals surface area (Å²) >= 11 is 0. The quantitative estimate of drug-likeness (QED) is 0.628. The van der Waals surface area contributed by atoms with Gasteiger partial charge in [0.2, 0.25) is 0 Å². The van der Waals surface area contributed by atoms with Crippen LogP contribution < -0.4 is 10.6 Å². The van der Waals surface area contributed by atoms with Crippen LogP contribution >= 0.6 is 0 Å². The van der Waals surface area contributed by atoms with Crippen LogP contribution in [0.4, 0.5) is 22.7 Å². The highest BCUT2D eigenvalue weighted by molar-refractivity contribution is 5.68. The number of methoxy groups -OCH3 is 1. The Bertz CT molecular complexity index is 644. The fourth-order valence-corrected chi connectivity index (χ4v) is 2.01. The topological polar surface area (TPSA) is 76.4 Å². The minimum atomic E-state index is -0.409. The van der Waals surface area contributed by atoms with Crippen molar-refractivity contribution < 1.29 is 9.66 Å². The molecule has 0 heterocycles. The summed E-state index contributed by atoms with van der Waals surface area (Å²) in [4.78, 5) is 10.5. The fraction of sp³-hybridized carbons (Fsp3) is 0.200. The third kappa shape index (κ3) is 3.93. The number of rotatable bonds is 6. The first-order chi connectivity index (χ1) is 10.1. The molecule has 0 atom stereocenters. The Morgan fingerprint density at radius 1 is 1.14 bits per heavy atom. The molecule has 0 unspecified atom stereocenters. The van der Waals surface area contributed by atoms with E-state index < -0.39 is 4.92 Å². The number of anilines is 3. The number of ether oxygens (including phenoxy) is 1. The second-order valence-electron chi connectivity index (χ2n) is 4.53. The molecule has 0 saturated heterocycles. The minimum absolute atomic E-state index is 0.0393. The molecule has 0 aromatic heterocycles. The normalized spacial score (nSPS) is 10.2. The van der Waals surface area contributed by atoms with E-state index in [1.54, 1.807) is 14.2 Å². The molecule has 6 nitrogen and oxygen atoms in total. The maximum atomic E-state index is 10.9. The van der Waals surface area contributed by atoms with Gasteiger partial charge in [-0.2, -0.15) is 0 Å². The van der Waals surface area contributed by atoms with Gasteiger partial charge in [0.1, 0.15) is 0 Å². The number of nitro groups is 1. The Balaban J connectivity index is 2.28. The summed E-state index contributed by atoms with van der Waals surface area (Å²) in [7, 11) is 3.36. The zero-order valence-corrected chi connectivity index (χ0v) is 11.9. The Kier molecular flexibility index (Phi) is 4.73. The molecule has 0 aliphatic carbocycles. The fourth-order valence-electron chi connectivity index (χ4n) is 2.01. The molecule has 0 fully saturated rings. The number of non-ortho nitro benzene ring substituents is 1. The van der Waals surface area contributed by atoms with E-state index >= 15 is 0 Å². The molecule has 0 spiro atoms. The maximum absolute atomic E-state index is 10.9. The van der Waals surface area contributed by atoms with Gasteiger partial charge in [0.15, 0.2) is 0 Å². The molecule has 110 valence electrons. The zero-order valence-electron chi connectivity index (χ0n) is 11.9. The molecule has 0 saturated carbocycles. The van der Waals surface area contributed by atoms with Crippen molar-refractivity contribution in [1.82, 2.24) is 0 Å². The Labute approximate surface area is 122 Å². The third-order valence-electron chi connectivity index (χ3n) is 2.94. The van der Waals surface area contributed by atoms with Gasteiger partial charge in [-0.15, -0.1) is 0 Å². The SMILES string of the molecule is CNc1cc(Nc2cccc(COC)c2)cc([N+](=O)[O-])c1. The molecule has 0 bridgehead atoms. The third-order valence-corrected chi connectivity index (χ3v) is 2.94. The number of hydrogen-bond acceptors (Lipinski definition) is 5. The number of nitrogens with zero attached hydrogens (tertiary/aromatic N) is 1. The summed E-state index contributed by atoms with van der Waals surface area (Å²) in [6.07, 6.45) is 0. The Morgan fingerprint density at radius 2 is 1.90 bits per heavy atom. The second-order valence-corrected chi connectivity index (χ2v) is 4.53. The molecule has 0 aliphatic rings. The van der Waals surface area contributed by atoms with E-state index in [0.29, 0.717) is 18.0 Å². The van der Waals surface area contributed by atoms with Crippen LogP contribution in [-0.2, 0) is 11.3 Å². The number of nitrogens with one attached hydrogen (secondary N) is 2. The number of hydrogen-bond donors (Lipinski definition) is 2. The van der Waals surface area contributed by atoms with E-state index in [2.05, 4.69) is 10.6 Å². The average Bonchev–Trinajstić information content (AvgIpc) is 2.47. The smallest absolute Gasteiger partial charge is 0.273 e. The van der Waals surface area contributed by atoms with E-state index in [-0.39, 0.29) is 5.69 Å². The molecule has 2 aromatic carbocycles. The molecular weight excluding hydrogens is 270 g/mol. The first kappa shape index (κ1) is 14.8. The van der Waals surface area contributed by atoms with Crippen LogP contribution in [0, 0.1) is 10.1 Å². The van der Waals surface area contributed by atoms with Crippen LogP contribution in [0.25, 0.3) is 0 Å². The van der Waals surface area contributed by atoms with Crippen molar-refractivity contribution in [1.29, 1.82) is 0 Å². The highest BCUT2D eigenvalue weighted by atomic mass is 16.6. The molecule has 0 amide bonds. The van der Waals surface area contributed by atoms with Gasteiger partial charge in [0.25, 0.3) is 5.69 Å². The van der Waals surface area contributed by atoms with E-state index in [0.717, 1.165) is 11.3 Å². The largest absolute Gasteiger partial charge is 0.388 e. The number of nitro benzene ring substituents is 1. The predicted molar refractivity (Wildman–Crippen MR) is 83.1 cm³/mol. The highest BCUT2D eigenvalue weighted by Crippen LogP contribution is 2.27. The standard InChI is InChI=1S/C15H17N3O3/c1-16-13-7-14(9-15(8-13)18(19)20)17-12-5-3-4-11(6-12)10-21-2/h3-9,16-17H,10H2,1-2H3. The lowest BCUT2D eigenvalue weighted by Crippen LogP contribution is -1.97.